The maximum Gasteiger partial charge on any atom is 0.274 e. The van der Waals surface area contributed by atoms with Crippen molar-refractivity contribution in [3.05, 3.63) is 59.0 Å². The van der Waals surface area contributed by atoms with Gasteiger partial charge in [0, 0.05) is 6.20 Å². The molecular weight excluding hydrogens is 338 g/mol. The Morgan fingerprint density at radius 2 is 2.04 bits per heavy atom. The largest absolute Gasteiger partial charge is 0.489 e. The number of aryl methyl sites for hydroxylation is 1. The summed E-state index contributed by atoms with van der Waals surface area (Å²) in [6.45, 7) is 5.86. The highest BCUT2D eigenvalue weighted by molar-refractivity contribution is 6.30. The van der Waals surface area contributed by atoms with Crippen LogP contribution in [0.3, 0.4) is 0 Å². The summed E-state index contributed by atoms with van der Waals surface area (Å²) in [6.07, 6.45) is 2.36. The second-order valence-electron chi connectivity index (χ2n) is 5.95. The quantitative estimate of drug-likeness (QED) is 0.726. The van der Waals surface area contributed by atoms with E-state index in [0.717, 1.165) is 5.69 Å². The number of ether oxygens (including phenoxy) is 1. The number of para-hydroxylation sites is 2. The Kier molecular flexibility index (Phi) is 4.95. The first-order chi connectivity index (χ1) is 12.0. The number of anilines is 1. The van der Waals surface area contributed by atoms with Crippen LogP contribution in [-0.2, 0) is 6.42 Å². The molecule has 0 aliphatic rings. The molecular formula is C19H20ClN3O2. The molecule has 3 rings (SSSR count). The van der Waals surface area contributed by atoms with Gasteiger partial charge in [-0.05, 0) is 44.5 Å². The van der Waals surface area contributed by atoms with E-state index in [9.17, 15) is 4.79 Å². The molecule has 0 bridgehead atoms. The Hall–Kier alpha value is -2.53. The first-order valence-electron chi connectivity index (χ1n) is 8.23. The molecule has 5 nitrogen and oxygen atoms in total. The topological polar surface area (TPSA) is 55.6 Å². The van der Waals surface area contributed by atoms with Gasteiger partial charge in [-0.1, -0.05) is 30.7 Å². The summed E-state index contributed by atoms with van der Waals surface area (Å²) in [4.78, 5) is 17.5. The molecule has 0 aliphatic heterocycles. The van der Waals surface area contributed by atoms with Gasteiger partial charge in [-0.2, -0.15) is 0 Å². The number of imidazole rings is 1. The molecule has 1 N–H and O–H groups in total. The lowest BCUT2D eigenvalue weighted by molar-refractivity contribution is 0.101. The molecule has 0 atom stereocenters. The maximum atomic E-state index is 12.9. The average molecular weight is 358 g/mol. The van der Waals surface area contributed by atoms with Gasteiger partial charge in [-0.3, -0.25) is 9.20 Å². The van der Waals surface area contributed by atoms with Crippen LogP contribution in [0.1, 0.15) is 37.0 Å². The van der Waals surface area contributed by atoms with Crippen LogP contribution in [0.4, 0.5) is 5.69 Å². The number of pyridine rings is 1. The number of nitrogens with zero attached hydrogens (tertiary/aromatic N) is 2. The third-order valence-electron chi connectivity index (χ3n) is 3.70. The Morgan fingerprint density at radius 1 is 1.28 bits per heavy atom. The molecule has 2 aromatic heterocycles. The van der Waals surface area contributed by atoms with Gasteiger partial charge in [0.05, 0.1) is 22.5 Å². The number of fused-ring (bicyclic) bond motifs is 1. The second-order valence-corrected chi connectivity index (χ2v) is 6.39. The number of aromatic nitrogens is 2. The van der Waals surface area contributed by atoms with Crippen molar-refractivity contribution in [1.29, 1.82) is 0 Å². The number of carbonyl (C=O) groups excluding carboxylic acids is 1. The van der Waals surface area contributed by atoms with Crippen LogP contribution < -0.4 is 10.1 Å². The second kappa shape index (κ2) is 7.15. The summed E-state index contributed by atoms with van der Waals surface area (Å²) in [5.74, 6) is 0.391. The number of hydrogen-bond donors (Lipinski definition) is 1. The molecule has 3 aromatic rings. The molecule has 0 fully saturated rings. The lowest BCUT2D eigenvalue weighted by atomic mass is 10.2. The highest BCUT2D eigenvalue weighted by atomic mass is 35.5. The van der Waals surface area contributed by atoms with E-state index in [4.69, 9.17) is 16.3 Å². The van der Waals surface area contributed by atoms with Gasteiger partial charge >= 0.3 is 0 Å². The zero-order chi connectivity index (χ0) is 18.0. The molecule has 0 saturated carbocycles. The lowest BCUT2D eigenvalue weighted by Gasteiger charge is -2.15. The minimum Gasteiger partial charge on any atom is -0.489 e. The highest BCUT2D eigenvalue weighted by Gasteiger charge is 2.20. The molecule has 0 spiro atoms. The standard InChI is InChI=1S/C19H20ClN3O2/c1-4-14-18(23-11-13(20)9-10-17(23)21-14)19(24)22-15-7-5-6-8-16(15)25-12(2)3/h5-12H,4H2,1-3H3,(H,22,24). The molecule has 1 amide bonds. The zero-order valence-corrected chi connectivity index (χ0v) is 15.2. The predicted octanol–water partition coefficient (Wildman–Crippen LogP) is 4.59. The van der Waals surface area contributed by atoms with Crippen molar-refractivity contribution in [3.63, 3.8) is 0 Å². The van der Waals surface area contributed by atoms with Gasteiger partial charge in [-0.25, -0.2) is 4.98 Å². The van der Waals surface area contributed by atoms with E-state index >= 15 is 0 Å². The summed E-state index contributed by atoms with van der Waals surface area (Å²) < 4.78 is 7.49. The first-order valence-corrected chi connectivity index (χ1v) is 8.61. The predicted molar refractivity (Wildman–Crippen MR) is 99.7 cm³/mol. The Bertz CT molecular complexity index is 918. The molecule has 0 radical (unpaired) electrons. The molecule has 0 aliphatic carbocycles. The van der Waals surface area contributed by atoms with Gasteiger partial charge in [-0.15, -0.1) is 0 Å². The van der Waals surface area contributed by atoms with E-state index in [0.29, 0.717) is 34.2 Å². The molecule has 6 heteroatoms. The van der Waals surface area contributed by atoms with Crippen molar-refractivity contribution in [1.82, 2.24) is 9.38 Å². The van der Waals surface area contributed by atoms with Crippen LogP contribution in [0.15, 0.2) is 42.6 Å². The van der Waals surface area contributed by atoms with Crippen LogP contribution in [0.5, 0.6) is 5.75 Å². The van der Waals surface area contributed by atoms with E-state index in [2.05, 4.69) is 10.3 Å². The monoisotopic (exact) mass is 357 g/mol. The van der Waals surface area contributed by atoms with Gasteiger partial charge in [0.1, 0.15) is 17.1 Å². The van der Waals surface area contributed by atoms with Crippen LogP contribution in [0.2, 0.25) is 5.02 Å². The number of halogens is 1. The van der Waals surface area contributed by atoms with E-state index < -0.39 is 0 Å². The van der Waals surface area contributed by atoms with Crippen LogP contribution in [0, 0.1) is 0 Å². The van der Waals surface area contributed by atoms with Crippen LogP contribution in [-0.4, -0.2) is 21.4 Å². The third-order valence-corrected chi connectivity index (χ3v) is 3.93. The normalized spacial score (nSPS) is 11.1. The zero-order valence-electron chi connectivity index (χ0n) is 14.4. The molecule has 130 valence electrons. The summed E-state index contributed by atoms with van der Waals surface area (Å²) in [6, 6.07) is 10.9. The number of rotatable bonds is 5. The average Bonchev–Trinajstić information content (AvgIpc) is 2.94. The van der Waals surface area contributed by atoms with Gasteiger partial charge in [0.15, 0.2) is 0 Å². The van der Waals surface area contributed by atoms with Crippen molar-refractivity contribution in [3.8, 4) is 5.75 Å². The molecule has 25 heavy (non-hydrogen) atoms. The van der Waals surface area contributed by atoms with E-state index in [1.165, 1.54) is 0 Å². The fraction of sp³-hybridized carbons (Fsp3) is 0.263. The number of amides is 1. The van der Waals surface area contributed by atoms with Crippen molar-refractivity contribution in [2.24, 2.45) is 0 Å². The first kappa shape index (κ1) is 17.3. The van der Waals surface area contributed by atoms with Crippen molar-refractivity contribution in [2.75, 3.05) is 5.32 Å². The minimum absolute atomic E-state index is 0.0128. The van der Waals surface area contributed by atoms with Gasteiger partial charge < -0.3 is 10.1 Å². The minimum atomic E-state index is -0.244. The number of benzene rings is 1. The molecule has 2 heterocycles. The smallest absolute Gasteiger partial charge is 0.274 e. The van der Waals surface area contributed by atoms with Crippen LogP contribution in [0.25, 0.3) is 5.65 Å². The van der Waals surface area contributed by atoms with Crippen molar-refractivity contribution in [2.45, 2.75) is 33.3 Å². The fourth-order valence-corrected chi connectivity index (χ4v) is 2.82. The summed E-state index contributed by atoms with van der Waals surface area (Å²) in [5, 5.41) is 3.48. The fourth-order valence-electron chi connectivity index (χ4n) is 2.66. The lowest BCUT2D eigenvalue weighted by Crippen LogP contribution is -2.17. The summed E-state index contributed by atoms with van der Waals surface area (Å²) >= 11 is 6.09. The third kappa shape index (κ3) is 3.61. The highest BCUT2D eigenvalue weighted by Crippen LogP contribution is 2.26. The molecule has 0 unspecified atom stereocenters. The van der Waals surface area contributed by atoms with E-state index in [-0.39, 0.29) is 12.0 Å². The van der Waals surface area contributed by atoms with Gasteiger partial charge in [0.25, 0.3) is 5.91 Å². The van der Waals surface area contributed by atoms with Crippen molar-refractivity contribution >= 4 is 28.8 Å². The summed E-state index contributed by atoms with van der Waals surface area (Å²) in [5.41, 5.74) is 2.53. The maximum absolute atomic E-state index is 12.9. The van der Waals surface area contributed by atoms with E-state index in [1.54, 1.807) is 22.7 Å². The summed E-state index contributed by atoms with van der Waals surface area (Å²) in [7, 11) is 0. The number of nitrogens with one attached hydrogen (secondary N) is 1. The Morgan fingerprint density at radius 3 is 2.76 bits per heavy atom. The SMILES string of the molecule is CCc1nc2ccc(Cl)cn2c1C(=O)Nc1ccccc1OC(C)C. The van der Waals surface area contributed by atoms with E-state index in [1.807, 2.05) is 45.0 Å². The van der Waals surface area contributed by atoms with Crippen LogP contribution >= 0.6 is 11.6 Å². The number of carbonyl (C=O) groups is 1. The molecule has 0 saturated heterocycles. The Labute approximate surface area is 151 Å². The number of hydrogen-bond acceptors (Lipinski definition) is 3. The molecule has 1 aromatic carbocycles. The van der Waals surface area contributed by atoms with Gasteiger partial charge in [0.2, 0.25) is 0 Å². The van der Waals surface area contributed by atoms with Crippen molar-refractivity contribution < 1.29 is 9.53 Å². The Balaban J connectivity index is 2.00.